The van der Waals surface area contributed by atoms with Crippen LogP contribution in [0.4, 0.5) is 8.78 Å². The number of nitrogens with one attached hydrogen (secondary N) is 1. The molecular weight excluding hydrogens is 236 g/mol. The summed E-state index contributed by atoms with van der Waals surface area (Å²) in [7, 11) is 0. The van der Waals surface area contributed by atoms with Crippen molar-refractivity contribution in [2.75, 3.05) is 0 Å². The van der Waals surface area contributed by atoms with Gasteiger partial charge in [0.2, 0.25) is 5.91 Å². The second kappa shape index (κ2) is 6.69. The van der Waals surface area contributed by atoms with Gasteiger partial charge in [0.15, 0.2) is 0 Å². The fourth-order valence-corrected chi connectivity index (χ4v) is 1.45. The molecule has 0 saturated heterocycles. The summed E-state index contributed by atoms with van der Waals surface area (Å²) in [5.74, 6) is -1.63. The highest BCUT2D eigenvalue weighted by atomic mass is 19.1. The van der Waals surface area contributed by atoms with Crippen molar-refractivity contribution < 1.29 is 13.6 Å². The van der Waals surface area contributed by atoms with Crippen molar-refractivity contribution in [1.29, 1.82) is 0 Å². The lowest BCUT2D eigenvalue weighted by molar-refractivity contribution is -0.117. The molecule has 1 unspecified atom stereocenters. The predicted molar refractivity (Wildman–Crippen MR) is 66.9 cm³/mol. The first kappa shape index (κ1) is 14.1. The molecule has 0 aliphatic rings. The van der Waals surface area contributed by atoms with Crippen LogP contribution in [-0.4, -0.2) is 5.91 Å². The zero-order valence-electron chi connectivity index (χ0n) is 10.3. The van der Waals surface area contributed by atoms with Gasteiger partial charge in [0.05, 0.1) is 6.04 Å². The van der Waals surface area contributed by atoms with E-state index in [9.17, 15) is 13.6 Å². The van der Waals surface area contributed by atoms with Gasteiger partial charge in [-0.05, 0) is 19.9 Å². The van der Waals surface area contributed by atoms with Crippen molar-refractivity contribution in [2.45, 2.75) is 19.9 Å². The quantitative estimate of drug-likeness (QED) is 0.645. The van der Waals surface area contributed by atoms with Crippen molar-refractivity contribution in [2.24, 2.45) is 0 Å². The Bertz CT molecular complexity index is 481. The molecular formula is C14H15F2NO. The molecule has 0 spiro atoms. The third-order valence-corrected chi connectivity index (χ3v) is 2.34. The van der Waals surface area contributed by atoms with Gasteiger partial charge >= 0.3 is 0 Å². The first-order chi connectivity index (χ1) is 8.54. The molecule has 2 nitrogen and oxygen atoms in total. The maximum Gasteiger partial charge on any atom is 0.244 e. The van der Waals surface area contributed by atoms with Gasteiger partial charge in [0, 0.05) is 17.7 Å². The molecule has 1 aromatic rings. The van der Waals surface area contributed by atoms with Crippen LogP contribution in [0.2, 0.25) is 0 Å². The summed E-state index contributed by atoms with van der Waals surface area (Å²) in [5.41, 5.74) is 0.254. The van der Waals surface area contributed by atoms with E-state index in [0.29, 0.717) is 0 Å². The van der Waals surface area contributed by atoms with Crippen LogP contribution in [0.5, 0.6) is 0 Å². The Morgan fingerprint density at radius 1 is 1.33 bits per heavy atom. The molecule has 4 heteroatoms. The van der Waals surface area contributed by atoms with Gasteiger partial charge in [-0.3, -0.25) is 4.79 Å². The van der Waals surface area contributed by atoms with Crippen molar-refractivity contribution >= 4 is 5.91 Å². The Labute approximate surface area is 105 Å². The number of benzene rings is 1. The highest BCUT2D eigenvalue weighted by molar-refractivity contribution is 5.88. The second-order valence-electron chi connectivity index (χ2n) is 3.78. The molecule has 0 aliphatic carbocycles. The summed E-state index contributed by atoms with van der Waals surface area (Å²) in [6.07, 6.45) is 6.43. The van der Waals surface area contributed by atoms with E-state index in [0.717, 1.165) is 12.1 Å². The Balaban J connectivity index is 2.70. The number of carbonyl (C=O) groups is 1. The molecule has 0 saturated carbocycles. The lowest BCUT2D eigenvalue weighted by Gasteiger charge is -2.13. The van der Waals surface area contributed by atoms with Crippen LogP contribution >= 0.6 is 0 Å². The Kier molecular flexibility index (Phi) is 5.24. The van der Waals surface area contributed by atoms with Gasteiger partial charge in [-0.2, -0.15) is 0 Å². The molecule has 0 aliphatic heterocycles. The number of allylic oxidation sites excluding steroid dienone is 3. The van der Waals surface area contributed by atoms with Gasteiger partial charge in [-0.1, -0.05) is 24.3 Å². The summed E-state index contributed by atoms with van der Waals surface area (Å²) in [6.45, 7) is 3.47. The maximum atomic E-state index is 13.4. The first-order valence-electron chi connectivity index (χ1n) is 5.59. The smallest absolute Gasteiger partial charge is 0.244 e. The molecule has 1 rings (SSSR count). The van der Waals surface area contributed by atoms with Crippen molar-refractivity contribution in [1.82, 2.24) is 5.32 Å². The SMILES string of the molecule is CC=CC=CC(=O)NC(C)c1ccc(F)cc1F. The fraction of sp³-hybridized carbons (Fsp3) is 0.214. The van der Waals surface area contributed by atoms with Gasteiger partial charge < -0.3 is 5.32 Å². The minimum absolute atomic E-state index is 0.254. The maximum absolute atomic E-state index is 13.4. The zero-order chi connectivity index (χ0) is 13.5. The Morgan fingerprint density at radius 2 is 2.06 bits per heavy atom. The summed E-state index contributed by atoms with van der Waals surface area (Å²) < 4.78 is 26.2. The summed E-state index contributed by atoms with van der Waals surface area (Å²) >= 11 is 0. The minimum Gasteiger partial charge on any atom is -0.346 e. The Hall–Kier alpha value is -1.97. The third kappa shape index (κ3) is 4.13. The lowest BCUT2D eigenvalue weighted by atomic mass is 10.1. The van der Waals surface area contributed by atoms with E-state index in [2.05, 4.69) is 5.32 Å². The number of hydrogen-bond acceptors (Lipinski definition) is 1. The molecule has 0 bridgehead atoms. The fourth-order valence-electron chi connectivity index (χ4n) is 1.45. The zero-order valence-corrected chi connectivity index (χ0v) is 10.3. The average Bonchev–Trinajstić information content (AvgIpc) is 2.28. The topological polar surface area (TPSA) is 29.1 Å². The van der Waals surface area contributed by atoms with Gasteiger partial charge in [0.25, 0.3) is 0 Å². The number of rotatable bonds is 4. The molecule has 1 aromatic carbocycles. The lowest BCUT2D eigenvalue weighted by Crippen LogP contribution is -2.25. The Morgan fingerprint density at radius 3 is 2.67 bits per heavy atom. The average molecular weight is 251 g/mol. The van der Waals surface area contributed by atoms with Crippen LogP contribution in [-0.2, 0) is 4.79 Å². The molecule has 0 radical (unpaired) electrons. The largest absolute Gasteiger partial charge is 0.346 e. The molecule has 1 amide bonds. The van der Waals surface area contributed by atoms with Crippen LogP contribution in [0.3, 0.4) is 0 Å². The van der Waals surface area contributed by atoms with Crippen LogP contribution < -0.4 is 5.32 Å². The molecule has 0 fully saturated rings. The molecule has 0 aromatic heterocycles. The van der Waals surface area contributed by atoms with Crippen molar-refractivity contribution in [3.05, 3.63) is 59.7 Å². The summed E-state index contributed by atoms with van der Waals surface area (Å²) in [5, 5.41) is 2.59. The second-order valence-corrected chi connectivity index (χ2v) is 3.78. The highest BCUT2D eigenvalue weighted by Crippen LogP contribution is 2.17. The van der Waals surface area contributed by atoms with E-state index in [1.807, 2.05) is 6.92 Å². The summed E-state index contributed by atoms with van der Waals surface area (Å²) in [6, 6.07) is 2.77. The number of amides is 1. The number of halogens is 2. The van der Waals surface area contributed by atoms with E-state index >= 15 is 0 Å². The molecule has 96 valence electrons. The molecule has 18 heavy (non-hydrogen) atoms. The third-order valence-electron chi connectivity index (χ3n) is 2.34. The molecule has 0 heterocycles. The van der Waals surface area contributed by atoms with E-state index < -0.39 is 17.7 Å². The predicted octanol–water partition coefficient (Wildman–Crippen LogP) is 3.27. The van der Waals surface area contributed by atoms with Crippen LogP contribution in [0.1, 0.15) is 25.5 Å². The van der Waals surface area contributed by atoms with Crippen molar-refractivity contribution in [3.8, 4) is 0 Å². The molecule has 1 atom stereocenters. The number of hydrogen-bond donors (Lipinski definition) is 1. The van der Waals surface area contributed by atoms with Gasteiger partial charge in [-0.15, -0.1) is 0 Å². The minimum atomic E-state index is -0.666. The normalized spacial score (nSPS) is 13.1. The van der Waals surface area contributed by atoms with E-state index in [1.165, 1.54) is 12.1 Å². The molecule has 1 N–H and O–H groups in total. The standard InChI is InChI=1S/C14H15F2NO/c1-3-4-5-6-14(18)17-10(2)12-8-7-11(15)9-13(12)16/h3-10H,1-2H3,(H,17,18). The van der Waals surface area contributed by atoms with Crippen LogP contribution in [0, 0.1) is 11.6 Å². The monoisotopic (exact) mass is 251 g/mol. The summed E-state index contributed by atoms with van der Waals surface area (Å²) in [4.78, 5) is 11.5. The van der Waals surface area contributed by atoms with E-state index in [4.69, 9.17) is 0 Å². The van der Waals surface area contributed by atoms with E-state index in [1.54, 1.807) is 25.2 Å². The van der Waals surface area contributed by atoms with E-state index in [-0.39, 0.29) is 11.5 Å². The number of carbonyl (C=O) groups excluding carboxylic acids is 1. The van der Waals surface area contributed by atoms with Crippen LogP contribution in [0.25, 0.3) is 0 Å². The first-order valence-corrected chi connectivity index (χ1v) is 5.59. The van der Waals surface area contributed by atoms with Gasteiger partial charge in [0.1, 0.15) is 11.6 Å². The van der Waals surface area contributed by atoms with Crippen LogP contribution in [0.15, 0.2) is 42.5 Å². The van der Waals surface area contributed by atoms with Gasteiger partial charge in [-0.25, -0.2) is 8.78 Å². The highest BCUT2D eigenvalue weighted by Gasteiger charge is 2.12. The van der Waals surface area contributed by atoms with Crippen molar-refractivity contribution in [3.63, 3.8) is 0 Å².